The molecule has 0 saturated carbocycles. The van der Waals surface area contributed by atoms with Crippen LogP contribution < -0.4 is 14.2 Å². The molecule has 0 amide bonds. The van der Waals surface area contributed by atoms with E-state index in [1.165, 1.54) is 0 Å². The molecule has 6 heteroatoms. The van der Waals surface area contributed by atoms with Crippen LogP contribution in [0.25, 0.3) is 43.8 Å². The summed E-state index contributed by atoms with van der Waals surface area (Å²) in [6.07, 6.45) is 1.28. The lowest BCUT2D eigenvalue weighted by Crippen LogP contribution is -2.07. The molecule has 0 atom stereocenters. The Kier molecular flexibility index (Phi) is 5.26. The van der Waals surface area contributed by atoms with Gasteiger partial charge in [0, 0.05) is 34.2 Å². The number of fused-ring (bicyclic) bond motifs is 6. The predicted molar refractivity (Wildman–Crippen MR) is 144 cm³/mol. The molecule has 0 bridgehead atoms. The van der Waals surface area contributed by atoms with Crippen LogP contribution >= 0.6 is 0 Å². The highest BCUT2D eigenvalue weighted by Gasteiger charge is 2.28. The average molecular weight is 495 g/mol. The van der Waals surface area contributed by atoms with Crippen molar-refractivity contribution in [3.05, 3.63) is 71.8 Å². The summed E-state index contributed by atoms with van der Waals surface area (Å²) in [5, 5.41) is 36.2. The molecule has 1 aliphatic rings. The smallest absolute Gasteiger partial charge is 0.131 e. The number of hydrogen-bond acceptors (Lipinski definition) is 6. The SMILES string of the molecule is COc1ccc2c(ccc3c(-c4c(O)ccc5c4CCc4cc(O)cc(OC)c4-5)c(O)cc(OC)c32)c1. The van der Waals surface area contributed by atoms with E-state index in [4.69, 9.17) is 14.2 Å². The molecule has 0 aromatic heterocycles. The fraction of sp³-hybridized carbons (Fsp3) is 0.161. The fourth-order valence-electron chi connectivity index (χ4n) is 5.73. The Morgan fingerprint density at radius 2 is 1.41 bits per heavy atom. The summed E-state index contributed by atoms with van der Waals surface area (Å²) in [6.45, 7) is 0. The highest BCUT2D eigenvalue weighted by Crippen LogP contribution is 2.52. The molecule has 0 saturated heterocycles. The lowest BCUT2D eigenvalue weighted by molar-refractivity contribution is 0.408. The zero-order valence-electron chi connectivity index (χ0n) is 20.8. The molecule has 0 spiro atoms. The third kappa shape index (κ3) is 3.40. The fourth-order valence-corrected chi connectivity index (χ4v) is 5.73. The third-order valence-corrected chi connectivity index (χ3v) is 7.33. The summed E-state index contributed by atoms with van der Waals surface area (Å²) in [5.41, 5.74) is 4.80. The van der Waals surface area contributed by atoms with E-state index in [-0.39, 0.29) is 17.2 Å². The van der Waals surface area contributed by atoms with Crippen molar-refractivity contribution in [2.45, 2.75) is 12.8 Å². The molecular weight excluding hydrogens is 468 g/mol. The monoisotopic (exact) mass is 494 g/mol. The summed E-state index contributed by atoms with van der Waals surface area (Å²) in [4.78, 5) is 0. The highest BCUT2D eigenvalue weighted by molar-refractivity contribution is 6.17. The first-order valence-corrected chi connectivity index (χ1v) is 12.0. The van der Waals surface area contributed by atoms with Gasteiger partial charge < -0.3 is 29.5 Å². The number of hydrogen-bond donors (Lipinski definition) is 3. The molecule has 6 nitrogen and oxygen atoms in total. The molecular formula is C31H26O6. The molecule has 0 fully saturated rings. The van der Waals surface area contributed by atoms with Gasteiger partial charge in [-0.05, 0) is 76.0 Å². The van der Waals surface area contributed by atoms with Gasteiger partial charge in [0.1, 0.15) is 34.5 Å². The van der Waals surface area contributed by atoms with Crippen molar-refractivity contribution in [2.24, 2.45) is 0 Å². The van der Waals surface area contributed by atoms with Gasteiger partial charge in [0.15, 0.2) is 0 Å². The van der Waals surface area contributed by atoms with Crippen LogP contribution in [0.2, 0.25) is 0 Å². The number of phenols is 3. The molecule has 5 aromatic rings. The standard InChI is InChI=1S/C31H26O6/c1-35-19-6-9-20-16(13-19)4-8-23-29(20)27(37-3)15-25(34)31(23)30-22-7-5-17-12-18(32)14-26(36-2)28(17)21(22)10-11-24(30)33/h4,6,8-15,32-34H,5,7H2,1-3H3. The summed E-state index contributed by atoms with van der Waals surface area (Å²) >= 11 is 0. The predicted octanol–water partition coefficient (Wildman–Crippen LogP) is 6.57. The largest absolute Gasteiger partial charge is 0.508 e. The Hall–Kier alpha value is -4.58. The third-order valence-electron chi connectivity index (χ3n) is 7.33. The first-order chi connectivity index (χ1) is 17.9. The number of aryl methyl sites for hydroxylation is 1. The Morgan fingerprint density at radius 3 is 2.16 bits per heavy atom. The Balaban J connectivity index is 1.70. The number of aromatic hydroxyl groups is 3. The molecule has 0 unspecified atom stereocenters. The number of methoxy groups -OCH3 is 3. The van der Waals surface area contributed by atoms with Crippen molar-refractivity contribution in [1.82, 2.24) is 0 Å². The maximum absolute atomic E-state index is 11.3. The zero-order chi connectivity index (χ0) is 25.8. The molecule has 186 valence electrons. The van der Waals surface area contributed by atoms with Crippen LogP contribution in [0.4, 0.5) is 0 Å². The van der Waals surface area contributed by atoms with Gasteiger partial charge in [0.25, 0.3) is 0 Å². The van der Waals surface area contributed by atoms with E-state index in [9.17, 15) is 15.3 Å². The van der Waals surface area contributed by atoms with Crippen molar-refractivity contribution in [1.29, 1.82) is 0 Å². The van der Waals surface area contributed by atoms with E-state index in [0.29, 0.717) is 35.5 Å². The van der Waals surface area contributed by atoms with E-state index in [1.807, 2.05) is 36.4 Å². The maximum Gasteiger partial charge on any atom is 0.131 e. The minimum atomic E-state index is 0.0179. The first kappa shape index (κ1) is 22.9. The summed E-state index contributed by atoms with van der Waals surface area (Å²) < 4.78 is 16.7. The molecule has 3 N–H and O–H groups in total. The minimum absolute atomic E-state index is 0.0179. The summed E-state index contributed by atoms with van der Waals surface area (Å²) in [6, 6.07) is 18.3. The van der Waals surface area contributed by atoms with E-state index in [1.54, 1.807) is 45.6 Å². The number of rotatable bonds is 4. The van der Waals surface area contributed by atoms with Gasteiger partial charge in [-0.1, -0.05) is 18.2 Å². The maximum atomic E-state index is 11.3. The summed E-state index contributed by atoms with van der Waals surface area (Å²) in [7, 11) is 4.79. The quantitative estimate of drug-likeness (QED) is 0.245. The first-order valence-electron chi connectivity index (χ1n) is 12.0. The van der Waals surface area contributed by atoms with Crippen LogP contribution in [0.1, 0.15) is 11.1 Å². The van der Waals surface area contributed by atoms with Gasteiger partial charge in [-0.2, -0.15) is 0 Å². The van der Waals surface area contributed by atoms with E-state index >= 15 is 0 Å². The van der Waals surface area contributed by atoms with Gasteiger partial charge in [-0.3, -0.25) is 0 Å². The normalized spacial score (nSPS) is 12.3. The van der Waals surface area contributed by atoms with Crippen molar-refractivity contribution >= 4 is 21.5 Å². The molecule has 0 aliphatic heterocycles. The number of phenolic OH excluding ortho intramolecular Hbond substituents is 3. The van der Waals surface area contributed by atoms with Crippen molar-refractivity contribution in [3.8, 4) is 56.8 Å². The van der Waals surface area contributed by atoms with Crippen LogP contribution in [0.15, 0.2) is 60.7 Å². The van der Waals surface area contributed by atoms with Crippen molar-refractivity contribution < 1.29 is 29.5 Å². The summed E-state index contributed by atoms with van der Waals surface area (Å²) in [5.74, 6) is 2.11. The Labute approximate surface area is 213 Å². The van der Waals surface area contributed by atoms with Gasteiger partial charge >= 0.3 is 0 Å². The minimum Gasteiger partial charge on any atom is -0.508 e. The Morgan fingerprint density at radius 1 is 0.622 bits per heavy atom. The highest BCUT2D eigenvalue weighted by atomic mass is 16.5. The average Bonchev–Trinajstić information content (AvgIpc) is 2.91. The molecule has 37 heavy (non-hydrogen) atoms. The van der Waals surface area contributed by atoms with Crippen LogP contribution in [-0.4, -0.2) is 36.6 Å². The van der Waals surface area contributed by atoms with E-state index < -0.39 is 0 Å². The van der Waals surface area contributed by atoms with E-state index in [2.05, 4.69) is 0 Å². The molecule has 6 rings (SSSR count). The molecule has 0 heterocycles. The van der Waals surface area contributed by atoms with Crippen LogP contribution in [-0.2, 0) is 12.8 Å². The number of ether oxygens (including phenoxy) is 3. The molecule has 1 aliphatic carbocycles. The van der Waals surface area contributed by atoms with Crippen molar-refractivity contribution in [2.75, 3.05) is 21.3 Å². The Bertz CT molecular complexity index is 1700. The topological polar surface area (TPSA) is 88.4 Å². The second-order valence-electron chi connectivity index (χ2n) is 9.22. The van der Waals surface area contributed by atoms with Gasteiger partial charge in [-0.15, -0.1) is 0 Å². The second kappa shape index (κ2) is 8.52. The lowest BCUT2D eigenvalue weighted by Gasteiger charge is -2.26. The van der Waals surface area contributed by atoms with Gasteiger partial charge in [0.05, 0.1) is 21.3 Å². The van der Waals surface area contributed by atoms with Gasteiger partial charge in [0.2, 0.25) is 0 Å². The van der Waals surface area contributed by atoms with Crippen LogP contribution in [0, 0.1) is 0 Å². The van der Waals surface area contributed by atoms with Crippen LogP contribution in [0.3, 0.4) is 0 Å². The van der Waals surface area contributed by atoms with Crippen LogP contribution in [0.5, 0.6) is 34.5 Å². The zero-order valence-corrected chi connectivity index (χ0v) is 20.8. The lowest BCUT2D eigenvalue weighted by atomic mass is 9.79. The second-order valence-corrected chi connectivity index (χ2v) is 9.22. The van der Waals surface area contributed by atoms with Gasteiger partial charge in [-0.25, -0.2) is 0 Å². The molecule has 5 aromatic carbocycles. The van der Waals surface area contributed by atoms with Crippen molar-refractivity contribution in [3.63, 3.8) is 0 Å². The molecule has 0 radical (unpaired) electrons. The van der Waals surface area contributed by atoms with E-state index in [0.717, 1.165) is 49.5 Å². The number of benzene rings is 5.